The molecule has 3 rings (SSSR count). The van der Waals surface area contributed by atoms with Gasteiger partial charge < -0.3 is 4.90 Å². The molecular weight excluding hydrogens is 198 g/mol. The van der Waals surface area contributed by atoms with Gasteiger partial charge in [0.15, 0.2) is 0 Å². The highest BCUT2D eigenvalue weighted by Gasteiger charge is 2.36. The van der Waals surface area contributed by atoms with Gasteiger partial charge in [-0.3, -0.25) is 4.79 Å². The second-order valence-electron chi connectivity index (χ2n) is 5.13. The Balaban J connectivity index is 2.19. The number of para-hydroxylation sites is 1. The molecule has 0 saturated heterocycles. The van der Waals surface area contributed by atoms with Crippen LogP contribution in [0.2, 0.25) is 0 Å². The third kappa shape index (κ3) is 1.22. The number of amides is 1. The molecule has 2 unspecified atom stereocenters. The van der Waals surface area contributed by atoms with Gasteiger partial charge in [-0.05, 0) is 37.3 Å². The molecule has 0 radical (unpaired) electrons. The predicted molar refractivity (Wildman–Crippen MR) is 64.6 cm³/mol. The molecule has 16 heavy (non-hydrogen) atoms. The van der Waals surface area contributed by atoms with Crippen molar-refractivity contribution in [2.45, 2.75) is 39.2 Å². The first-order chi connectivity index (χ1) is 7.68. The lowest BCUT2D eigenvalue weighted by molar-refractivity contribution is -0.122. The van der Waals surface area contributed by atoms with Crippen LogP contribution in [-0.4, -0.2) is 11.9 Å². The maximum absolute atomic E-state index is 12.3. The van der Waals surface area contributed by atoms with Gasteiger partial charge in [0.2, 0.25) is 5.91 Å². The van der Waals surface area contributed by atoms with Crippen LogP contribution >= 0.6 is 0 Å². The molecule has 0 bridgehead atoms. The molecule has 1 aromatic rings. The Labute approximate surface area is 96.3 Å². The summed E-state index contributed by atoms with van der Waals surface area (Å²) in [4.78, 5) is 14.4. The largest absolute Gasteiger partial charge is 0.309 e. The van der Waals surface area contributed by atoms with Crippen molar-refractivity contribution in [1.29, 1.82) is 0 Å². The molecule has 84 valence electrons. The average molecular weight is 215 g/mol. The van der Waals surface area contributed by atoms with Gasteiger partial charge in [-0.15, -0.1) is 0 Å². The summed E-state index contributed by atoms with van der Waals surface area (Å²) in [6.07, 6.45) is 3.04. The lowest BCUT2D eigenvalue weighted by atomic mass is 9.99. The summed E-state index contributed by atoms with van der Waals surface area (Å²) in [5.41, 5.74) is 3.94. The monoisotopic (exact) mass is 215 g/mol. The van der Waals surface area contributed by atoms with Crippen molar-refractivity contribution in [2.75, 3.05) is 4.90 Å². The molecule has 2 heteroatoms. The zero-order valence-electron chi connectivity index (χ0n) is 9.86. The van der Waals surface area contributed by atoms with Crippen LogP contribution in [0.3, 0.4) is 0 Å². The highest BCUT2D eigenvalue weighted by atomic mass is 16.2. The maximum atomic E-state index is 12.3. The number of hydrogen-bond acceptors (Lipinski definition) is 1. The zero-order valence-corrected chi connectivity index (χ0v) is 9.86. The summed E-state index contributed by atoms with van der Waals surface area (Å²) in [6, 6.07) is 6.81. The molecule has 1 aromatic carbocycles. The van der Waals surface area contributed by atoms with E-state index in [1.165, 1.54) is 16.8 Å². The molecule has 0 fully saturated rings. The van der Waals surface area contributed by atoms with Crippen LogP contribution in [-0.2, 0) is 17.6 Å². The van der Waals surface area contributed by atoms with E-state index in [-0.39, 0.29) is 5.92 Å². The number of carbonyl (C=O) groups excluding carboxylic acids is 1. The van der Waals surface area contributed by atoms with Crippen LogP contribution in [0.15, 0.2) is 18.2 Å². The summed E-state index contributed by atoms with van der Waals surface area (Å²) in [5, 5.41) is 0. The third-order valence-electron chi connectivity index (χ3n) is 3.91. The molecule has 0 saturated carbocycles. The van der Waals surface area contributed by atoms with E-state index in [0.717, 1.165) is 19.3 Å². The van der Waals surface area contributed by atoms with Crippen molar-refractivity contribution in [2.24, 2.45) is 5.92 Å². The topological polar surface area (TPSA) is 20.3 Å². The Morgan fingerprint density at radius 1 is 1.25 bits per heavy atom. The van der Waals surface area contributed by atoms with Crippen LogP contribution < -0.4 is 4.90 Å². The van der Waals surface area contributed by atoms with Crippen molar-refractivity contribution >= 4 is 11.6 Å². The van der Waals surface area contributed by atoms with Gasteiger partial charge in [-0.25, -0.2) is 0 Å². The van der Waals surface area contributed by atoms with Crippen molar-refractivity contribution < 1.29 is 4.79 Å². The number of aryl methyl sites for hydroxylation is 1. The van der Waals surface area contributed by atoms with Crippen LogP contribution in [0.25, 0.3) is 0 Å². The van der Waals surface area contributed by atoms with E-state index in [4.69, 9.17) is 0 Å². The average Bonchev–Trinajstić information content (AvgIpc) is 2.54. The Kier molecular flexibility index (Phi) is 2.06. The number of nitrogens with zero attached hydrogens (tertiary/aromatic N) is 1. The summed E-state index contributed by atoms with van der Waals surface area (Å²) in [7, 11) is 0. The highest BCUT2D eigenvalue weighted by Crippen LogP contribution is 2.39. The van der Waals surface area contributed by atoms with Crippen LogP contribution in [0.1, 0.15) is 31.4 Å². The number of carbonyl (C=O) groups is 1. The highest BCUT2D eigenvalue weighted by molar-refractivity contribution is 5.99. The molecule has 2 nitrogen and oxygen atoms in total. The van der Waals surface area contributed by atoms with E-state index in [1.807, 2.05) is 4.90 Å². The quantitative estimate of drug-likeness (QED) is 0.651. The van der Waals surface area contributed by atoms with E-state index in [2.05, 4.69) is 32.0 Å². The summed E-state index contributed by atoms with van der Waals surface area (Å²) in [6.45, 7) is 4.21. The molecule has 0 aliphatic carbocycles. The number of hydrogen-bond donors (Lipinski definition) is 0. The van der Waals surface area contributed by atoms with Crippen LogP contribution in [0.5, 0.6) is 0 Å². The van der Waals surface area contributed by atoms with Crippen molar-refractivity contribution in [3.8, 4) is 0 Å². The van der Waals surface area contributed by atoms with E-state index >= 15 is 0 Å². The fraction of sp³-hybridized carbons (Fsp3) is 0.500. The fourth-order valence-electron chi connectivity index (χ4n) is 3.01. The van der Waals surface area contributed by atoms with Gasteiger partial charge in [0.25, 0.3) is 0 Å². The van der Waals surface area contributed by atoms with Gasteiger partial charge in [0.05, 0.1) is 5.69 Å². The summed E-state index contributed by atoms with van der Waals surface area (Å²) >= 11 is 0. The molecule has 2 heterocycles. The second-order valence-corrected chi connectivity index (χ2v) is 5.13. The second kappa shape index (κ2) is 3.34. The smallest absolute Gasteiger partial charge is 0.230 e. The Morgan fingerprint density at radius 2 is 2.00 bits per heavy atom. The summed E-state index contributed by atoms with van der Waals surface area (Å²) in [5.74, 6) is 0.483. The van der Waals surface area contributed by atoms with Crippen molar-refractivity contribution in [3.63, 3.8) is 0 Å². The predicted octanol–water partition coefficient (Wildman–Crippen LogP) is 2.55. The van der Waals surface area contributed by atoms with Gasteiger partial charge >= 0.3 is 0 Å². The number of anilines is 1. The Morgan fingerprint density at radius 3 is 2.81 bits per heavy atom. The molecule has 2 aliphatic heterocycles. The van der Waals surface area contributed by atoms with E-state index in [1.54, 1.807) is 0 Å². The maximum Gasteiger partial charge on any atom is 0.230 e. The molecule has 0 spiro atoms. The normalized spacial score (nSPS) is 27.9. The van der Waals surface area contributed by atoms with Gasteiger partial charge in [-0.1, -0.05) is 25.1 Å². The number of benzene rings is 1. The van der Waals surface area contributed by atoms with E-state index < -0.39 is 0 Å². The van der Waals surface area contributed by atoms with Gasteiger partial charge in [0.1, 0.15) is 0 Å². The molecule has 0 aromatic heterocycles. The minimum Gasteiger partial charge on any atom is -0.309 e. The van der Waals surface area contributed by atoms with Crippen molar-refractivity contribution in [3.05, 3.63) is 29.3 Å². The van der Waals surface area contributed by atoms with Gasteiger partial charge in [-0.2, -0.15) is 0 Å². The third-order valence-corrected chi connectivity index (χ3v) is 3.91. The lowest BCUT2D eigenvalue weighted by Gasteiger charge is -2.24. The lowest BCUT2D eigenvalue weighted by Crippen LogP contribution is -2.38. The van der Waals surface area contributed by atoms with Gasteiger partial charge in [0, 0.05) is 12.0 Å². The molecular formula is C14H17NO. The SMILES string of the molecule is CC1CCc2cccc3c2N(C1=O)C(C)C3. The first-order valence-corrected chi connectivity index (χ1v) is 6.12. The zero-order chi connectivity index (χ0) is 11.3. The summed E-state index contributed by atoms with van der Waals surface area (Å²) < 4.78 is 0. The molecule has 1 amide bonds. The minimum atomic E-state index is 0.167. The fourth-order valence-corrected chi connectivity index (χ4v) is 3.01. The molecule has 0 N–H and O–H groups in total. The number of rotatable bonds is 0. The first-order valence-electron chi connectivity index (χ1n) is 6.12. The molecule has 2 aliphatic rings. The van der Waals surface area contributed by atoms with Crippen LogP contribution in [0, 0.1) is 5.92 Å². The Hall–Kier alpha value is -1.31. The van der Waals surface area contributed by atoms with Crippen molar-refractivity contribution in [1.82, 2.24) is 0 Å². The Bertz CT molecular complexity index is 452. The standard InChI is InChI=1S/C14H17NO/c1-9-6-7-11-4-3-5-12-8-10(2)15(13(11)12)14(9)16/h3-5,9-10H,6-8H2,1-2H3. The minimum absolute atomic E-state index is 0.167. The van der Waals surface area contributed by atoms with Crippen LogP contribution in [0.4, 0.5) is 5.69 Å². The van der Waals surface area contributed by atoms with E-state index in [9.17, 15) is 4.79 Å². The van der Waals surface area contributed by atoms with E-state index in [0.29, 0.717) is 11.9 Å². The molecule has 2 atom stereocenters. The first kappa shape index (κ1) is 9.88.